The summed E-state index contributed by atoms with van der Waals surface area (Å²) in [5, 5.41) is 5.86. The van der Waals surface area contributed by atoms with Gasteiger partial charge in [-0.1, -0.05) is 49.1 Å². The number of para-hydroxylation sites is 1. The van der Waals surface area contributed by atoms with Crippen molar-refractivity contribution >= 4 is 39.3 Å². The van der Waals surface area contributed by atoms with Crippen LogP contribution in [-0.2, 0) is 0 Å². The highest BCUT2D eigenvalue weighted by Crippen LogP contribution is 2.13. The van der Waals surface area contributed by atoms with Crippen molar-refractivity contribution in [2.45, 2.75) is 6.92 Å². The van der Waals surface area contributed by atoms with Crippen molar-refractivity contribution in [3.63, 3.8) is 0 Å². The number of benzene rings is 2. The summed E-state index contributed by atoms with van der Waals surface area (Å²) in [5.41, 5.74) is 1.95. The van der Waals surface area contributed by atoms with Crippen molar-refractivity contribution < 1.29 is 0 Å². The van der Waals surface area contributed by atoms with Crippen molar-refractivity contribution in [2.75, 3.05) is 5.32 Å². The van der Waals surface area contributed by atoms with Gasteiger partial charge in [-0.15, -0.1) is 11.3 Å². The van der Waals surface area contributed by atoms with E-state index >= 15 is 0 Å². The fourth-order valence-corrected chi connectivity index (χ4v) is 3.43. The van der Waals surface area contributed by atoms with E-state index in [-0.39, 0.29) is 0 Å². The second-order valence-electron chi connectivity index (χ2n) is 4.83. The van der Waals surface area contributed by atoms with Gasteiger partial charge in [0.15, 0.2) is 0 Å². The van der Waals surface area contributed by atoms with Crippen molar-refractivity contribution in [3.05, 3.63) is 76.6 Å². The second kappa shape index (κ2) is 5.98. The van der Waals surface area contributed by atoms with E-state index in [0.29, 0.717) is 0 Å². The summed E-state index contributed by atoms with van der Waals surface area (Å²) in [7, 11) is 0. The Morgan fingerprint density at radius 3 is 2.52 bits per heavy atom. The van der Waals surface area contributed by atoms with Gasteiger partial charge >= 0.3 is 0 Å². The molecule has 0 radical (unpaired) electrons. The second-order valence-corrected chi connectivity index (χ2v) is 5.91. The molecule has 0 amide bonds. The summed E-state index contributed by atoms with van der Waals surface area (Å²) < 4.78 is 2.59. The molecular weight excluding hydrogens is 274 g/mol. The molecule has 104 valence electrons. The van der Waals surface area contributed by atoms with Crippen LogP contribution in [0.2, 0.25) is 0 Å². The summed E-state index contributed by atoms with van der Waals surface area (Å²) in [6.45, 7) is 6.21. The molecular formula is C19H17NS. The maximum absolute atomic E-state index is 4.13. The minimum Gasteiger partial charge on any atom is -0.356 e. The van der Waals surface area contributed by atoms with Crippen LogP contribution in [0.25, 0.3) is 22.2 Å². The molecule has 0 aliphatic rings. The van der Waals surface area contributed by atoms with Gasteiger partial charge in [0, 0.05) is 31.2 Å². The molecule has 21 heavy (non-hydrogen) atoms. The van der Waals surface area contributed by atoms with Crippen molar-refractivity contribution in [3.8, 4) is 0 Å². The largest absolute Gasteiger partial charge is 0.356 e. The van der Waals surface area contributed by atoms with Crippen LogP contribution in [0.5, 0.6) is 0 Å². The van der Waals surface area contributed by atoms with Gasteiger partial charge in [0.25, 0.3) is 0 Å². The van der Waals surface area contributed by atoms with E-state index in [2.05, 4.69) is 55.2 Å². The smallest absolute Gasteiger partial charge is 0.0384 e. The molecule has 1 N–H and O–H groups in total. The van der Waals surface area contributed by atoms with Crippen molar-refractivity contribution in [1.82, 2.24) is 0 Å². The van der Waals surface area contributed by atoms with E-state index in [0.717, 1.165) is 11.4 Å². The Balaban J connectivity index is 2.05. The Hall–Kier alpha value is -2.32. The average molecular weight is 291 g/mol. The number of hydrogen-bond acceptors (Lipinski definition) is 2. The zero-order valence-corrected chi connectivity index (χ0v) is 12.8. The number of hydrogen-bond donors (Lipinski definition) is 1. The third kappa shape index (κ3) is 2.91. The van der Waals surface area contributed by atoms with Gasteiger partial charge in [-0.05, 0) is 31.2 Å². The fraction of sp³-hybridized carbons (Fsp3) is 0.0526. The van der Waals surface area contributed by atoms with Crippen molar-refractivity contribution in [2.24, 2.45) is 0 Å². The maximum atomic E-state index is 4.13. The SMILES string of the molecule is C=C(/C=c1\c(=C/C)sc2ccccc12)Nc1ccccc1. The van der Waals surface area contributed by atoms with Crippen LogP contribution < -0.4 is 15.1 Å². The molecule has 0 spiro atoms. The molecule has 0 bridgehead atoms. The molecule has 0 saturated heterocycles. The third-order valence-electron chi connectivity index (χ3n) is 3.32. The standard InChI is InChI=1S/C19H17NS/c1-3-18-17(16-11-7-8-12-19(16)21-18)13-14(2)20-15-9-5-4-6-10-15/h3-13,20H,2H2,1H3/b17-13-,18-3+. The number of thiophene rings is 1. The molecule has 1 aromatic heterocycles. The average Bonchev–Trinajstić information content (AvgIpc) is 2.86. The monoisotopic (exact) mass is 291 g/mol. The normalized spacial score (nSPS) is 12.8. The lowest BCUT2D eigenvalue weighted by molar-refractivity contribution is 1.52. The molecule has 3 rings (SSSR count). The Kier molecular flexibility index (Phi) is 3.89. The Labute approximate surface area is 128 Å². The number of allylic oxidation sites excluding steroid dienone is 1. The molecule has 2 heteroatoms. The Bertz CT molecular complexity index is 888. The van der Waals surface area contributed by atoms with E-state index in [1.807, 2.05) is 41.7 Å². The highest BCUT2D eigenvalue weighted by molar-refractivity contribution is 7.17. The highest BCUT2D eigenvalue weighted by Gasteiger charge is 2.00. The van der Waals surface area contributed by atoms with Gasteiger partial charge in [-0.2, -0.15) is 0 Å². The first-order chi connectivity index (χ1) is 10.3. The molecule has 1 nitrogen and oxygen atoms in total. The minimum atomic E-state index is 0.896. The zero-order chi connectivity index (χ0) is 14.7. The molecule has 0 unspecified atom stereocenters. The molecule has 0 fully saturated rings. The van der Waals surface area contributed by atoms with Crippen LogP contribution >= 0.6 is 11.3 Å². The first-order valence-electron chi connectivity index (χ1n) is 6.94. The van der Waals surface area contributed by atoms with Crippen LogP contribution in [0.1, 0.15) is 6.92 Å². The summed E-state index contributed by atoms with van der Waals surface area (Å²) in [4.78, 5) is 0. The van der Waals surface area contributed by atoms with E-state index < -0.39 is 0 Å². The molecule has 2 aromatic carbocycles. The maximum Gasteiger partial charge on any atom is 0.0384 e. The third-order valence-corrected chi connectivity index (χ3v) is 4.57. The molecule has 3 aromatic rings. The topological polar surface area (TPSA) is 12.0 Å². The van der Waals surface area contributed by atoms with Gasteiger partial charge in [-0.25, -0.2) is 0 Å². The van der Waals surface area contributed by atoms with E-state index in [4.69, 9.17) is 0 Å². The van der Waals surface area contributed by atoms with Gasteiger partial charge in [0.1, 0.15) is 0 Å². The highest BCUT2D eigenvalue weighted by atomic mass is 32.1. The van der Waals surface area contributed by atoms with Crippen LogP contribution in [-0.4, -0.2) is 0 Å². The molecule has 1 heterocycles. The van der Waals surface area contributed by atoms with E-state index in [1.165, 1.54) is 19.8 Å². The van der Waals surface area contributed by atoms with Crippen LogP contribution in [0, 0.1) is 0 Å². The number of fused-ring (bicyclic) bond motifs is 1. The predicted octanol–water partition coefficient (Wildman–Crippen LogP) is 4.11. The minimum absolute atomic E-state index is 0.896. The lowest BCUT2D eigenvalue weighted by atomic mass is 10.2. The van der Waals surface area contributed by atoms with Crippen LogP contribution in [0.15, 0.2) is 66.9 Å². The lowest BCUT2D eigenvalue weighted by Crippen LogP contribution is -2.19. The lowest BCUT2D eigenvalue weighted by Gasteiger charge is -2.04. The molecule has 0 aliphatic carbocycles. The first kappa shape index (κ1) is 13.7. The number of anilines is 1. The van der Waals surface area contributed by atoms with E-state index in [9.17, 15) is 0 Å². The summed E-state index contributed by atoms with van der Waals surface area (Å²) >= 11 is 1.82. The molecule has 0 aliphatic heterocycles. The first-order valence-corrected chi connectivity index (χ1v) is 7.76. The molecule has 0 atom stereocenters. The van der Waals surface area contributed by atoms with Crippen LogP contribution in [0.4, 0.5) is 5.69 Å². The van der Waals surface area contributed by atoms with Gasteiger partial charge in [0.05, 0.1) is 0 Å². The number of nitrogens with one attached hydrogen (secondary N) is 1. The Morgan fingerprint density at radius 2 is 1.76 bits per heavy atom. The quantitative estimate of drug-likeness (QED) is 0.766. The van der Waals surface area contributed by atoms with Crippen molar-refractivity contribution in [1.29, 1.82) is 0 Å². The molecule has 0 saturated carbocycles. The van der Waals surface area contributed by atoms with Gasteiger partial charge < -0.3 is 5.32 Å². The predicted molar refractivity (Wildman–Crippen MR) is 94.9 cm³/mol. The summed E-state index contributed by atoms with van der Waals surface area (Å²) in [6, 6.07) is 18.6. The van der Waals surface area contributed by atoms with E-state index in [1.54, 1.807) is 0 Å². The van der Waals surface area contributed by atoms with Gasteiger partial charge in [0.2, 0.25) is 0 Å². The van der Waals surface area contributed by atoms with Gasteiger partial charge in [-0.3, -0.25) is 0 Å². The van der Waals surface area contributed by atoms with Crippen LogP contribution in [0.3, 0.4) is 0 Å². The zero-order valence-electron chi connectivity index (χ0n) is 12.0. The summed E-state index contributed by atoms with van der Waals surface area (Å²) in [5.74, 6) is 0. The Morgan fingerprint density at radius 1 is 1.05 bits per heavy atom. The fourth-order valence-electron chi connectivity index (χ4n) is 2.36. The number of rotatable bonds is 3. The summed E-state index contributed by atoms with van der Waals surface area (Å²) in [6.07, 6.45) is 4.29.